The molecule has 5 nitrogen and oxygen atoms in total. The summed E-state index contributed by atoms with van der Waals surface area (Å²) in [5.74, 6) is 1.16. The van der Waals surface area contributed by atoms with Gasteiger partial charge in [-0.3, -0.25) is 14.3 Å². The van der Waals surface area contributed by atoms with Crippen molar-refractivity contribution in [2.45, 2.75) is 25.9 Å². The van der Waals surface area contributed by atoms with Crippen molar-refractivity contribution in [2.24, 2.45) is 5.92 Å². The van der Waals surface area contributed by atoms with E-state index in [0.717, 1.165) is 65.1 Å². The summed E-state index contributed by atoms with van der Waals surface area (Å²) in [6, 6.07) is 24.2. The number of likely N-dealkylation sites (tertiary alicyclic amines) is 1. The van der Waals surface area contributed by atoms with E-state index in [-0.39, 0.29) is 11.8 Å². The molecule has 1 aromatic heterocycles. The van der Waals surface area contributed by atoms with Gasteiger partial charge in [-0.25, -0.2) is 4.98 Å². The molecular weight excluding hydrogens is 512 g/mol. The van der Waals surface area contributed by atoms with Crippen molar-refractivity contribution < 1.29 is 4.79 Å². The molecule has 0 bridgehead atoms. The smallest absolute Gasteiger partial charge is 0.223 e. The molecule has 0 aliphatic carbocycles. The van der Waals surface area contributed by atoms with Gasteiger partial charge in [0, 0.05) is 27.6 Å². The van der Waals surface area contributed by atoms with Gasteiger partial charge in [0.25, 0.3) is 0 Å². The van der Waals surface area contributed by atoms with Crippen LogP contribution in [0.5, 0.6) is 0 Å². The number of imidazole rings is 1. The van der Waals surface area contributed by atoms with Crippen LogP contribution in [-0.4, -0.2) is 33.4 Å². The van der Waals surface area contributed by atoms with E-state index in [2.05, 4.69) is 61.0 Å². The van der Waals surface area contributed by atoms with E-state index in [0.29, 0.717) is 11.6 Å². The maximum atomic E-state index is 12.7. The number of piperidine rings is 1. The molecule has 0 unspecified atom stereocenters. The molecule has 3 aromatic carbocycles. The largest absolute Gasteiger partial charge is 0.352 e. The third-order valence-electron chi connectivity index (χ3n) is 6.43. The second-order valence-corrected chi connectivity index (χ2v) is 10.0. The lowest BCUT2D eigenvalue weighted by molar-refractivity contribution is -0.126. The van der Waals surface area contributed by atoms with Crippen molar-refractivity contribution >= 4 is 44.5 Å². The highest BCUT2D eigenvalue weighted by molar-refractivity contribution is 9.10. The quantitative estimate of drug-likeness (QED) is 0.330. The summed E-state index contributed by atoms with van der Waals surface area (Å²) in [5.41, 5.74) is 4.13. The second-order valence-electron chi connectivity index (χ2n) is 8.69. The fourth-order valence-corrected chi connectivity index (χ4v) is 5.20. The first-order valence-electron chi connectivity index (χ1n) is 11.5. The molecule has 2 heterocycles. The minimum atomic E-state index is 0.0302. The molecular formula is C27H26BrClN4O. The first-order chi connectivity index (χ1) is 16.6. The predicted octanol–water partition coefficient (Wildman–Crippen LogP) is 5.97. The number of aromatic nitrogens is 2. The summed E-state index contributed by atoms with van der Waals surface area (Å²) in [5, 5.41) is 3.75. The number of fused-ring (bicyclic) bond motifs is 1. The van der Waals surface area contributed by atoms with Gasteiger partial charge in [-0.1, -0.05) is 63.9 Å². The Labute approximate surface area is 212 Å². The number of amides is 1. The number of carbonyl (C=O) groups is 1. The van der Waals surface area contributed by atoms with E-state index < -0.39 is 0 Å². The molecule has 4 aromatic rings. The van der Waals surface area contributed by atoms with Gasteiger partial charge in [0.15, 0.2) is 0 Å². The van der Waals surface area contributed by atoms with Crippen LogP contribution < -0.4 is 5.32 Å². The van der Waals surface area contributed by atoms with Gasteiger partial charge < -0.3 is 5.32 Å². The molecule has 1 aliphatic rings. The Balaban J connectivity index is 1.25. The van der Waals surface area contributed by atoms with Crippen LogP contribution in [0.4, 0.5) is 0 Å². The number of rotatable bonds is 6. The Bertz CT molecular complexity index is 1310. The molecule has 1 amide bonds. The normalized spacial score (nSPS) is 15.0. The molecule has 0 spiro atoms. The van der Waals surface area contributed by atoms with Gasteiger partial charge in [0.2, 0.25) is 5.91 Å². The number of hydrogen-bond donors (Lipinski definition) is 1. The van der Waals surface area contributed by atoms with Crippen LogP contribution >= 0.6 is 27.5 Å². The molecule has 0 atom stereocenters. The van der Waals surface area contributed by atoms with Gasteiger partial charge in [-0.05, 0) is 67.9 Å². The molecule has 0 radical (unpaired) electrons. The van der Waals surface area contributed by atoms with Gasteiger partial charge in [-0.2, -0.15) is 0 Å². The zero-order chi connectivity index (χ0) is 23.5. The fraction of sp³-hybridized carbons (Fsp3) is 0.259. The van der Waals surface area contributed by atoms with Gasteiger partial charge in [-0.15, -0.1) is 0 Å². The van der Waals surface area contributed by atoms with Crippen molar-refractivity contribution in [1.82, 2.24) is 19.8 Å². The number of nitrogens with one attached hydrogen (secondary N) is 1. The summed E-state index contributed by atoms with van der Waals surface area (Å²) < 4.78 is 3.28. The van der Waals surface area contributed by atoms with E-state index in [9.17, 15) is 4.79 Å². The fourth-order valence-electron chi connectivity index (χ4n) is 4.61. The summed E-state index contributed by atoms with van der Waals surface area (Å²) in [4.78, 5) is 20.1. The number of benzene rings is 3. The highest BCUT2D eigenvalue weighted by Gasteiger charge is 2.26. The van der Waals surface area contributed by atoms with Gasteiger partial charge in [0.05, 0.1) is 17.6 Å². The molecule has 34 heavy (non-hydrogen) atoms. The summed E-state index contributed by atoms with van der Waals surface area (Å²) in [7, 11) is 0. The average Bonchev–Trinajstić information content (AvgIpc) is 3.21. The molecule has 1 aliphatic heterocycles. The Kier molecular flexibility index (Phi) is 6.99. The Hall–Kier alpha value is -2.67. The van der Waals surface area contributed by atoms with Crippen molar-refractivity contribution in [3.63, 3.8) is 0 Å². The molecule has 1 saturated heterocycles. The highest BCUT2D eigenvalue weighted by Crippen LogP contribution is 2.26. The molecule has 5 rings (SSSR count). The van der Waals surface area contributed by atoms with Crippen molar-refractivity contribution in [2.75, 3.05) is 13.1 Å². The first-order valence-corrected chi connectivity index (χ1v) is 12.7. The third kappa shape index (κ3) is 5.04. The van der Waals surface area contributed by atoms with Crippen LogP contribution in [0, 0.1) is 5.92 Å². The van der Waals surface area contributed by atoms with Crippen LogP contribution in [0.3, 0.4) is 0 Å². The number of carbonyl (C=O) groups excluding carboxylic acids is 1. The van der Waals surface area contributed by atoms with E-state index in [4.69, 9.17) is 16.6 Å². The van der Waals surface area contributed by atoms with Gasteiger partial charge in [0.1, 0.15) is 5.82 Å². The summed E-state index contributed by atoms with van der Waals surface area (Å²) in [6.07, 6.45) is 1.68. The zero-order valence-electron chi connectivity index (χ0n) is 18.8. The lowest BCUT2D eigenvalue weighted by atomic mass is 9.96. The lowest BCUT2D eigenvalue weighted by Crippen LogP contribution is -2.40. The van der Waals surface area contributed by atoms with E-state index in [1.165, 1.54) is 0 Å². The molecule has 174 valence electrons. The Morgan fingerprint density at radius 3 is 2.59 bits per heavy atom. The summed E-state index contributed by atoms with van der Waals surface area (Å²) in [6.45, 7) is 2.95. The topological polar surface area (TPSA) is 50.2 Å². The van der Waals surface area contributed by atoms with Crippen LogP contribution in [-0.2, 0) is 17.9 Å². The molecule has 0 saturated carbocycles. The summed E-state index contributed by atoms with van der Waals surface area (Å²) >= 11 is 9.81. The standard InChI is InChI=1S/C27H26BrClN4O/c28-21-7-5-8-22(16-21)33-25-11-4-3-10-24(25)31-26(33)18-32-14-12-19(13-15-32)27(34)30-17-20-6-1-2-9-23(20)29/h1-11,16,19H,12-15,17-18H2,(H,30,34). The van der Waals surface area contributed by atoms with Crippen LogP contribution in [0.1, 0.15) is 24.2 Å². The Morgan fingerprint density at radius 1 is 1.03 bits per heavy atom. The van der Waals surface area contributed by atoms with Crippen molar-refractivity contribution in [3.8, 4) is 5.69 Å². The second kappa shape index (κ2) is 10.3. The number of para-hydroxylation sites is 2. The predicted molar refractivity (Wildman–Crippen MR) is 140 cm³/mol. The van der Waals surface area contributed by atoms with Crippen LogP contribution in [0.25, 0.3) is 16.7 Å². The van der Waals surface area contributed by atoms with Crippen molar-refractivity contribution in [3.05, 3.63) is 93.7 Å². The molecule has 1 fully saturated rings. The third-order valence-corrected chi connectivity index (χ3v) is 7.29. The maximum Gasteiger partial charge on any atom is 0.223 e. The number of halogens is 2. The van der Waals surface area contributed by atoms with Crippen molar-refractivity contribution in [1.29, 1.82) is 0 Å². The van der Waals surface area contributed by atoms with E-state index in [1.807, 2.05) is 42.5 Å². The SMILES string of the molecule is O=C(NCc1ccccc1Cl)C1CCN(Cc2nc3ccccc3n2-c2cccc(Br)c2)CC1. The molecule has 7 heteroatoms. The van der Waals surface area contributed by atoms with Gasteiger partial charge >= 0.3 is 0 Å². The maximum absolute atomic E-state index is 12.7. The molecule has 1 N–H and O–H groups in total. The minimum absolute atomic E-state index is 0.0302. The average molecular weight is 538 g/mol. The minimum Gasteiger partial charge on any atom is -0.352 e. The van der Waals surface area contributed by atoms with E-state index in [1.54, 1.807) is 0 Å². The zero-order valence-corrected chi connectivity index (χ0v) is 21.1. The van der Waals surface area contributed by atoms with Crippen LogP contribution in [0.2, 0.25) is 5.02 Å². The van der Waals surface area contributed by atoms with Crippen LogP contribution in [0.15, 0.2) is 77.3 Å². The van der Waals surface area contributed by atoms with E-state index >= 15 is 0 Å². The number of nitrogens with zero attached hydrogens (tertiary/aromatic N) is 3. The first kappa shape index (κ1) is 23.1. The monoisotopic (exact) mass is 536 g/mol. The highest BCUT2D eigenvalue weighted by atomic mass is 79.9. The lowest BCUT2D eigenvalue weighted by Gasteiger charge is -2.31. The number of hydrogen-bond acceptors (Lipinski definition) is 3. The Morgan fingerprint density at radius 2 is 1.79 bits per heavy atom.